The highest BCUT2D eigenvalue weighted by molar-refractivity contribution is 6.00. The standard InChI is InChI=1S/C27H23NO7/c1-16-11-20(17(2)28(16)13-18-14-32-24-9-5-6-10-25(24)34-18)22(30)15-33-27(31)26-12-21(29)19-7-3-4-8-23(19)35-26/h3-12,18H,13-15H2,1-2H3/t18-/m0/s1. The van der Waals surface area contributed by atoms with Crippen LogP contribution in [0.2, 0.25) is 0 Å². The number of ketones is 1. The molecule has 0 bridgehead atoms. The molecule has 3 heterocycles. The zero-order chi connectivity index (χ0) is 24.5. The molecule has 0 spiro atoms. The second-order valence-corrected chi connectivity index (χ2v) is 8.36. The predicted molar refractivity (Wildman–Crippen MR) is 127 cm³/mol. The van der Waals surface area contributed by atoms with Crippen LogP contribution in [0.3, 0.4) is 0 Å². The van der Waals surface area contributed by atoms with E-state index in [4.69, 9.17) is 18.6 Å². The molecular formula is C27H23NO7. The number of ether oxygens (including phenoxy) is 3. The summed E-state index contributed by atoms with van der Waals surface area (Å²) in [5.74, 6) is -0.0745. The zero-order valence-electron chi connectivity index (χ0n) is 19.3. The number of nitrogens with zero attached hydrogens (tertiary/aromatic N) is 1. The van der Waals surface area contributed by atoms with Gasteiger partial charge in [0.05, 0.1) is 11.9 Å². The van der Waals surface area contributed by atoms with Crippen LogP contribution in [-0.4, -0.2) is 35.6 Å². The fourth-order valence-electron chi connectivity index (χ4n) is 4.21. The van der Waals surface area contributed by atoms with E-state index in [1.165, 1.54) is 0 Å². The van der Waals surface area contributed by atoms with Crippen LogP contribution >= 0.6 is 0 Å². The molecule has 1 aliphatic heterocycles. The summed E-state index contributed by atoms with van der Waals surface area (Å²) >= 11 is 0. The summed E-state index contributed by atoms with van der Waals surface area (Å²) in [6.07, 6.45) is -0.216. The van der Waals surface area contributed by atoms with Gasteiger partial charge in [0.25, 0.3) is 0 Å². The van der Waals surface area contributed by atoms with Gasteiger partial charge in [-0.15, -0.1) is 0 Å². The summed E-state index contributed by atoms with van der Waals surface area (Å²) in [6.45, 7) is 4.16. The number of hydrogen-bond donors (Lipinski definition) is 0. The summed E-state index contributed by atoms with van der Waals surface area (Å²) in [4.78, 5) is 37.5. The number of benzene rings is 2. The lowest BCUT2D eigenvalue weighted by Gasteiger charge is -2.27. The lowest BCUT2D eigenvalue weighted by Crippen LogP contribution is -2.33. The van der Waals surface area contributed by atoms with Gasteiger partial charge in [-0.25, -0.2) is 4.79 Å². The number of rotatable bonds is 6. The molecule has 1 atom stereocenters. The van der Waals surface area contributed by atoms with Gasteiger partial charge in [0, 0.05) is 23.0 Å². The van der Waals surface area contributed by atoms with E-state index in [9.17, 15) is 14.4 Å². The van der Waals surface area contributed by atoms with Gasteiger partial charge in [-0.3, -0.25) is 9.59 Å². The van der Waals surface area contributed by atoms with Crippen molar-refractivity contribution in [3.63, 3.8) is 0 Å². The van der Waals surface area contributed by atoms with Gasteiger partial charge in [0.2, 0.25) is 11.5 Å². The number of esters is 1. The highest BCUT2D eigenvalue weighted by atomic mass is 16.6. The first-order chi connectivity index (χ1) is 16.9. The Kier molecular flexibility index (Phi) is 5.86. The van der Waals surface area contributed by atoms with Crippen molar-refractivity contribution in [3.8, 4) is 11.5 Å². The second kappa shape index (κ2) is 9.13. The molecule has 0 fully saturated rings. The third-order valence-electron chi connectivity index (χ3n) is 6.00. The predicted octanol–water partition coefficient (Wildman–Crippen LogP) is 4.09. The molecule has 0 unspecified atom stereocenters. The molecule has 0 aliphatic carbocycles. The van der Waals surface area contributed by atoms with Crippen LogP contribution in [-0.2, 0) is 11.3 Å². The molecule has 0 radical (unpaired) electrons. The molecule has 8 heteroatoms. The fraction of sp³-hybridized carbons (Fsp3) is 0.222. The summed E-state index contributed by atoms with van der Waals surface area (Å²) in [5.41, 5.74) is 1.99. The lowest BCUT2D eigenvalue weighted by atomic mass is 10.1. The summed E-state index contributed by atoms with van der Waals surface area (Å²) in [7, 11) is 0. The third-order valence-corrected chi connectivity index (χ3v) is 6.00. The van der Waals surface area contributed by atoms with Crippen LogP contribution in [0.4, 0.5) is 0 Å². The normalized spacial score (nSPS) is 14.6. The number of aryl methyl sites for hydroxylation is 1. The Balaban J connectivity index is 1.26. The highest BCUT2D eigenvalue weighted by Gasteiger charge is 2.24. The van der Waals surface area contributed by atoms with E-state index in [1.807, 2.05) is 42.7 Å². The average molecular weight is 473 g/mol. The van der Waals surface area contributed by atoms with E-state index in [1.54, 1.807) is 30.3 Å². The van der Waals surface area contributed by atoms with E-state index >= 15 is 0 Å². The van der Waals surface area contributed by atoms with Crippen molar-refractivity contribution in [3.05, 3.63) is 93.6 Å². The number of fused-ring (bicyclic) bond motifs is 2. The molecule has 1 aliphatic rings. The summed E-state index contributed by atoms with van der Waals surface area (Å²) in [5, 5.41) is 0.364. The second-order valence-electron chi connectivity index (χ2n) is 8.36. The molecule has 178 valence electrons. The largest absolute Gasteiger partial charge is 0.486 e. The number of Topliss-reactive ketones (excluding diaryl/α,β-unsaturated/α-hetero) is 1. The molecule has 5 rings (SSSR count). The zero-order valence-corrected chi connectivity index (χ0v) is 19.3. The quantitative estimate of drug-likeness (QED) is 0.307. The van der Waals surface area contributed by atoms with Crippen LogP contribution in [0.1, 0.15) is 32.3 Å². The molecule has 4 aromatic rings. The number of hydrogen-bond acceptors (Lipinski definition) is 7. The number of carbonyl (C=O) groups is 2. The molecule has 8 nitrogen and oxygen atoms in total. The Morgan fingerprint density at radius 1 is 1.03 bits per heavy atom. The monoisotopic (exact) mass is 473 g/mol. The smallest absolute Gasteiger partial charge is 0.374 e. The Bertz CT molecular complexity index is 1500. The summed E-state index contributed by atoms with van der Waals surface area (Å²) < 4.78 is 24.5. The van der Waals surface area contributed by atoms with Gasteiger partial charge in [0.15, 0.2) is 29.6 Å². The van der Waals surface area contributed by atoms with Crippen molar-refractivity contribution < 1.29 is 28.2 Å². The van der Waals surface area contributed by atoms with Gasteiger partial charge in [-0.1, -0.05) is 24.3 Å². The Labute approximate surface area is 200 Å². The van der Waals surface area contributed by atoms with Crippen molar-refractivity contribution in [1.29, 1.82) is 0 Å². The Morgan fingerprint density at radius 3 is 2.60 bits per heavy atom. The van der Waals surface area contributed by atoms with Crippen molar-refractivity contribution in [2.45, 2.75) is 26.5 Å². The number of para-hydroxylation sites is 3. The molecule has 0 N–H and O–H groups in total. The van der Waals surface area contributed by atoms with Gasteiger partial charge in [0.1, 0.15) is 12.2 Å². The van der Waals surface area contributed by atoms with E-state index in [0.29, 0.717) is 35.6 Å². The minimum absolute atomic E-state index is 0.216. The van der Waals surface area contributed by atoms with Crippen molar-refractivity contribution in [2.75, 3.05) is 13.2 Å². The van der Waals surface area contributed by atoms with E-state index in [2.05, 4.69) is 0 Å². The van der Waals surface area contributed by atoms with Gasteiger partial charge < -0.3 is 23.2 Å². The van der Waals surface area contributed by atoms with Gasteiger partial charge in [-0.05, 0) is 44.2 Å². The van der Waals surface area contributed by atoms with Crippen molar-refractivity contribution in [2.24, 2.45) is 0 Å². The molecule has 2 aromatic heterocycles. The van der Waals surface area contributed by atoms with E-state index < -0.39 is 12.6 Å². The topological polar surface area (TPSA) is 97.0 Å². The van der Waals surface area contributed by atoms with E-state index in [-0.39, 0.29) is 28.7 Å². The van der Waals surface area contributed by atoms with E-state index in [0.717, 1.165) is 17.5 Å². The van der Waals surface area contributed by atoms with Crippen LogP contribution in [0, 0.1) is 13.8 Å². The van der Waals surface area contributed by atoms with Crippen LogP contribution < -0.4 is 14.9 Å². The van der Waals surface area contributed by atoms with Gasteiger partial charge >= 0.3 is 5.97 Å². The van der Waals surface area contributed by atoms with Crippen LogP contribution in [0.15, 0.2) is 69.9 Å². The minimum atomic E-state index is -0.874. The maximum Gasteiger partial charge on any atom is 0.374 e. The maximum atomic E-state index is 12.9. The Hall–Kier alpha value is -4.33. The first-order valence-electron chi connectivity index (χ1n) is 11.2. The van der Waals surface area contributed by atoms with Crippen LogP contribution in [0.5, 0.6) is 11.5 Å². The molecule has 0 saturated heterocycles. The SMILES string of the molecule is Cc1cc(C(=O)COC(=O)c2cc(=O)c3ccccc3o2)c(C)n1C[C@H]1COc2ccccc2O1. The average Bonchev–Trinajstić information content (AvgIpc) is 3.15. The lowest BCUT2D eigenvalue weighted by molar-refractivity contribution is 0.0444. The molecule has 35 heavy (non-hydrogen) atoms. The Morgan fingerprint density at radius 2 is 1.77 bits per heavy atom. The fourth-order valence-corrected chi connectivity index (χ4v) is 4.21. The molecular weight excluding hydrogens is 450 g/mol. The third kappa shape index (κ3) is 4.42. The number of aromatic nitrogens is 1. The number of carbonyl (C=O) groups excluding carboxylic acids is 2. The first-order valence-corrected chi connectivity index (χ1v) is 11.2. The highest BCUT2D eigenvalue weighted by Crippen LogP contribution is 2.31. The minimum Gasteiger partial charge on any atom is -0.486 e. The molecule has 0 saturated carbocycles. The summed E-state index contributed by atoms with van der Waals surface area (Å²) in [6, 6.07) is 16.9. The molecule has 2 aromatic carbocycles. The van der Waals surface area contributed by atoms with Crippen molar-refractivity contribution in [1.82, 2.24) is 4.57 Å². The first kappa shape index (κ1) is 22.5. The van der Waals surface area contributed by atoms with Crippen LogP contribution in [0.25, 0.3) is 11.0 Å². The molecule has 0 amide bonds. The maximum absolute atomic E-state index is 12.9. The van der Waals surface area contributed by atoms with Gasteiger partial charge in [-0.2, -0.15) is 0 Å². The van der Waals surface area contributed by atoms with Crippen molar-refractivity contribution >= 4 is 22.7 Å².